The third-order valence-corrected chi connectivity index (χ3v) is 5.45. The zero-order valence-electron chi connectivity index (χ0n) is 9.43. The van der Waals surface area contributed by atoms with Crippen LogP contribution in [0.2, 0.25) is 0 Å². The molecule has 0 saturated carbocycles. The molecule has 0 aromatic heterocycles. The maximum absolute atomic E-state index is 12.2. The van der Waals surface area contributed by atoms with Gasteiger partial charge in [-0.05, 0) is 31.0 Å². The van der Waals surface area contributed by atoms with Gasteiger partial charge in [-0.2, -0.15) is 4.31 Å². The minimum Gasteiger partial charge on any atom is -0.545 e. The van der Waals surface area contributed by atoms with Gasteiger partial charge in [0.15, 0.2) is 0 Å². The molecule has 5 nitrogen and oxygen atoms in total. The molecule has 18 heavy (non-hydrogen) atoms. The highest BCUT2D eigenvalue weighted by molar-refractivity contribution is 9.10. The van der Waals surface area contributed by atoms with Gasteiger partial charge < -0.3 is 9.90 Å². The lowest BCUT2D eigenvalue weighted by Gasteiger charge is -2.16. The van der Waals surface area contributed by atoms with E-state index < -0.39 is 16.0 Å². The largest absolute Gasteiger partial charge is 0.545 e. The molecule has 0 unspecified atom stereocenters. The van der Waals surface area contributed by atoms with Crippen LogP contribution < -0.4 is 5.11 Å². The van der Waals surface area contributed by atoms with Crippen LogP contribution in [0.3, 0.4) is 0 Å². The molecule has 98 valence electrons. The number of benzene rings is 1. The molecule has 0 N–H and O–H groups in total. The third kappa shape index (κ3) is 2.43. The number of carbonyl (C=O) groups excluding carboxylic acids is 1. The SMILES string of the molecule is O=C([O-])c1cc(S(=O)(=O)N2CCCC2)ccc1Br. The molecular weight excluding hydrogens is 322 g/mol. The first-order valence-electron chi connectivity index (χ1n) is 5.44. The molecule has 1 aromatic rings. The molecule has 1 saturated heterocycles. The fourth-order valence-electron chi connectivity index (χ4n) is 1.90. The Balaban J connectivity index is 2.45. The van der Waals surface area contributed by atoms with Crippen LogP contribution in [0, 0.1) is 0 Å². The average molecular weight is 333 g/mol. The summed E-state index contributed by atoms with van der Waals surface area (Å²) in [5.74, 6) is -1.40. The van der Waals surface area contributed by atoms with Crippen LogP contribution in [-0.2, 0) is 10.0 Å². The number of halogens is 1. The third-order valence-electron chi connectivity index (χ3n) is 2.86. The van der Waals surface area contributed by atoms with Gasteiger partial charge in [-0.25, -0.2) is 8.42 Å². The van der Waals surface area contributed by atoms with Crippen LogP contribution in [0.5, 0.6) is 0 Å². The highest BCUT2D eigenvalue weighted by Gasteiger charge is 2.27. The minimum atomic E-state index is -3.59. The molecule has 0 aliphatic carbocycles. The molecule has 0 spiro atoms. The molecule has 0 bridgehead atoms. The van der Waals surface area contributed by atoms with Crippen molar-refractivity contribution in [3.8, 4) is 0 Å². The van der Waals surface area contributed by atoms with Crippen LogP contribution in [0.25, 0.3) is 0 Å². The number of carboxylic acid groups (broad SMARTS) is 1. The van der Waals surface area contributed by atoms with Crippen LogP contribution in [-0.4, -0.2) is 31.8 Å². The Labute approximate surface area is 114 Å². The van der Waals surface area contributed by atoms with Crippen molar-refractivity contribution >= 4 is 31.9 Å². The lowest BCUT2D eigenvalue weighted by molar-refractivity contribution is -0.255. The van der Waals surface area contributed by atoms with Gasteiger partial charge in [0.2, 0.25) is 10.0 Å². The number of carboxylic acids is 1. The number of hydrogen-bond donors (Lipinski definition) is 0. The maximum Gasteiger partial charge on any atom is 0.243 e. The molecular formula is C11H11BrNO4S-. The smallest absolute Gasteiger partial charge is 0.243 e. The van der Waals surface area contributed by atoms with Crippen LogP contribution in [0.1, 0.15) is 23.2 Å². The number of nitrogens with zero attached hydrogens (tertiary/aromatic N) is 1. The normalized spacial score (nSPS) is 16.9. The fourth-order valence-corrected chi connectivity index (χ4v) is 3.85. The number of hydrogen-bond acceptors (Lipinski definition) is 4. The van der Waals surface area contributed by atoms with Crippen molar-refractivity contribution in [3.05, 3.63) is 28.2 Å². The molecule has 7 heteroatoms. The summed E-state index contributed by atoms with van der Waals surface area (Å²) in [4.78, 5) is 10.9. The lowest BCUT2D eigenvalue weighted by Crippen LogP contribution is -2.28. The second-order valence-electron chi connectivity index (χ2n) is 4.04. The van der Waals surface area contributed by atoms with Crippen LogP contribution >= 0.6 is 15.9 Å². The Bertz CT molecular complexity index is 579. The molecule has 1 aromatic carbocycles. The molecule has 1 fully saturated rings. The second kappa shape index (κ2) is 4.99. The van der Waals surface area contributed by atoms with Gasteiger partial charge in [0.1, 0.15) is 0 Å². The van der Waals surface area contributed by atoms with E-state index >= 15 is 0 Å². The summed E-state index contributed by atoms with van der Waals surface area (Å²) in [7, 11) is -3.59. The Hall–Kier alpha value is -0.920. The van der Waals surface area contributed by atoms with Crippen molar-refractivity contribution in [1.82, 2.24) is 4.31 Å². The standard InChI is InChI=1S/C11H12BrNO4S/c12-10-4-3-8(7-9(10)11(14)15)18(16,17)13-5-1-2-6-13/h3-4,7H,1-2,5-6H2,(H,14,15)/p-1. The number of sulfonamides is 1. The maximum atomic E-state index is 12.2. The quantitative estimate of drug-likeness (QED) is 0.811. The Morgan fingerprint density at radius 1 is 1.28 bits per heavy atom. The van der Waals surface area contributed by atoms with Crippen molar-refractivity contribution < 1.29 is 18.3 Å². The summed E-state index contributed by atoms with van der Waals surface area (Å²) in [5.41, 5.74) is -0.157. The van der Waals surface area contributed by atoms with Gasteiger partial charge in [0.25, 0.3) is 0 Å². The zero-order valence-corrected chi connectivity index (χ0v) is 11.8. The van der Waals surface area contributed by atoms with E-state index in [9.17, 15) is 18.3 Å². The van der Waals surface area contributed by atoms with Crippen LogP contribution in [0.4, 0.5) is 0 Å². The zero-order chi connectivity index (χ0) is 13.3. The average Bonchev–Trinajstić information content (AvgIpc) is 2.82. The van der Waals surface area contributed by atoms with E-state index in [-0.39, 0.29) is 10.5 Å². The van der Waals surface area contributed by atoms with Crippen molar-refractivity contribution in [2.24, 2.45) is 0 Å². The first kappa shape index (κ1) is 13.5. The van der Waals surface area contributed by atoms with Gasteiger partial charge in [0, 0.05) is 23.1 Å². The summed E-state index contributed by atoms with van der Waals surface area (Å²) in [6, 6.07) is 3.94. The molecule has 0 radical (unpaired) electrons. The fraction of sp³-hybridized carbons (Fsp3) is 0.364. The van der Waals surface area contributed by atoms with E-state index in [0.717, 1.165) is 18.9 Å². The first-order valence-corrected chi connectivity index (χ1v) is 7.67. The molecule has 1 aliphatic heterocycles. The van der Waals surface area contributed by atoms with E-state index in [1.807, 2.05) is 0 Å². The number of rotatable bonds is 3. The van der Waals surface area contributed by atoms with Gasteiger partial charge >= 0.3 is 0 Å². The lowest BCUT2D eigenvalue weighted by atomic mass is 10.2. The summed E-state index contributed by atoms with van der Waals surface area (Å²) in [6.45, 7) is 0.970. The van der Waals surface area contributed by atoms with Gasteiger partial charge in [-0.15, -0.1) is 0 Å². The van der Waals surface area contributed by atoms with E-state index in [4.69, 9.17) is 0 Å². The van der Waals surface area contributed by atoms with E-state index in [2.05, 4.69) is 15.9 Å². The van der Waals surface area contributed by atoms with Gasteiger partial charge in [0.05, 0.1) is 10.9 Å². The van der Waals surface area contributed by atoms with Gasteiger partial charge in [-0.3, -0.25) is 0 Å². The van der Waals surface area contributed by atoms with Crippen molar-refractivity contribution in [1.29, 1.82) is 0 Å². The Morgan fingerprint density at radius 2 is 1.89 bits per heavy atom. The minimum absolute atomic E-state index is 0.00759. The Kier molecular flexibility index (Phi) is 3.74. The monoisotopic (exact) mass is 332 g/mol. The summed E-state index contributed by atoms with van der Waals surface area (Å²) in [5, 5.41) is 10.9. The molecule has 0 atom stereocenters. The van der Waals surface area contributed by atoms with E-state index in [1.165, 1.54) is 16.4 Å². The topological polar surface area (TPSA) is 77.5 Å². The van der Waals surface area contributed by atoms with E-state index in [0.29, 0.717) is 17.6 Å². The van der Waals surface area contributed by atoms with Gasteiger partial charge in [-0.1, -0.05) is 15.9 Å². The number of carbonyl (C=O) groups is 1. The molecule has 1 heterocycles. The van der Waals surface area contributed by atoms with Crippen molar-refractivity contribution in [2.45, 2.75) is 17.7 Å². The summed E-state index contributed by atoms with van der Waals surface area (Å²) < 4.78 is 26.1. The molecule has 1 aliphatic rings. The molecule has 2 rings (SSSR count). The summed E-state index contributed by atoms with van der Waals surface area (Å²) >= 11 is 3.05. The van der Waals surface area contributed by atoms with Crippen LogP contribution in [0.15, 0.2) is 27.6 Å². The summed E-state index contributed by atoms with van der Waals surface area (Å²) in [6.07, 6.45) is 1.67. The highest BCUT2D eigenvalue weighted by atomic mass is 79.9. The molecule has 0 amide bonds. The Morgan fingerprint density at radius 3 is 2.44 bits per heavy atom. The highest BCUT2D eigenvalue weighted by Crippen LogP contribution is 2.25. The second-order valence-corrected chi connectivity index (χ2v) is 6.83. The predicted octanol–water partition coefficient (Wildman–Crippen LogP) is 0.597. The number of aromatic carboxylic acids is 1. The predicted molar refractivity (Wildman–Crippen MR) is 66.5 cm³/mol. The van der Waals surface area contributed by atoms with Crippen molar-refractivity contribution in [2.75, 3.05) is 13.1 Å². The van der Waals surface area contributed by atoms with E-state index in [1.54, 1.807) is 0 Å². The van der Waals surface area contributed by atoms with Crippen molar-refractivity contribution in [3.63, 3.8) is 0 Å². The first-order chi connectivity index (χ1) is 8.43.